The molecule has 0 saturated heterocycles. The molecule has 0 aliphatic rings. The molecular formula is C77H146O6. The van der Waals surface area contributed by atoms with E-state index in [1.165, 1.54) is 327 Å². The fourth-order valence-electron chi connectivity index (χ4n) is 11.8. The molecule has 0 aromatic rings. The summed E-state index contributed by atoms with van der Waals surface area (Å²) in [5.74, 6) is -0.825. The second-order valence-corrected chi connectivity index (χ2v) is 25.9. The Morgan fingerprint density at radius 2 is 0.434 bits per heavy atom. The van der Waals surface area contributed by atoms with Crippen molar-refractivity contribution in [1.29, 1.82) is 0 Å². The van der Waals surface area contributed by atoms with Crippen LogP contribution in [0.4, 0.5) is 0 Å². The predicted molar refractivity (Wildman–Crippen MR) is 363 cm³/mol. The first kappa shape index (κ1) is 80.9. The molecule has 0 radical (unpaired) electrons. The van der Waals surface area contributed by atoms with Crippen molar-refractivity contribution in [3.8, 4) is 0 Å². The summed E-state index contributed by atoms with van der Waals surface area (Å²) < 4.78 is 17.0. The summed E-state index contributed by atoms with van der Waals surface area (Å²) in [4.78, 5) is 38.4. The Bertz CT molecular complexity index is 1340. The lowest BCUT2D eigenvalue weighted by Gasteiger charge is -2.18. The summed E-state index contributed by atoms with van der Waals surface area (Å²) in [6.07, 6.45) is 89.5. The number of allylic oxidation sites excluding steroid dienone is 4. The lowest BCUT2D eigenvalue weighted by Crippen LogP contribution is -2.30. The molecule has 1 unspecified atom stereocenters. The first-order valence-corrected chi connectivity index (χ1v) is 37.8. The largest absolute Gasteiger partial charge is 0.462 e. The van der Waals surface area contributed by atoms with E-state index in [1.54, 1.807) is 0 Å². The molecule has 83 heavy (non-hydrogen) atoms. The zero-order valence-corrected chi connectivity index (χ0v) is 56.5. The average molecular weight is 1170 g/mol. The van der Waals surface area contributed by atoms with Crippen LogP contribution < -0.4 is 0 Å². The van der Waals surface area contributed by atoms with Crippen LogP contribution in [-0.4, -0.2) is 37.2 Å². The van der Waals surface area contributed by atoms with E-state index in [-0.39, 0.29) is 31.1 Å². The summed E-state index contributed by atoms with van der Waals surface area (Å²) in [5.41, 5.74) is 0. The van der Waals surface area contributed by atoms with Gasteiger partial charge in [0.15, 0.2) is 6.10 Å². The highest BCUT2D eigenvalue weighted by Crippen LogP contribution is 2.19. The SMILES string of the molecule is CCCCCCC/C=C\C/C=C\CCCCCCCCCCCCCCCCCCCCCCCCCC(=O)OCC(COC(=O)CCCCCCCCCCCCCCCCC)OC(=O)CCCCCCCCCCCCCCCCC. The Kier molecular flexibility index (Phi) is 70.5. The Hall–Kier alpha value is -2.11. The van der Waals surface area contributed by atoms with Crippen molar-refractivity contribution < 1.29 is 28.6 Å². The van der Waals surface area contributed by atoms with Crippen LogP contribution in [0.15, 0.2) is 24.3 Å². The van der Waals surface area contributed by atoms with Gasteiger partial charge in [0.1, 0.15) is 13.2 Å². The van der Waals surface area contributed by atoms with E-state index in [0.717, 1.165) is 64.2 Å². The van der Waals surface area contributed by atoms with Gasteiger partial charge in [-0.1, -0.05) is 385 Å². The standard InChI is InChI=1S/C77H146O6/c1-4-7-10-13-16-19-22-25-28-29-30-31-32-33-34-35-36-37-38-39-40-41-42-43-44-45-46-47-50-52-55-58-61-64-67-70-76(79)82-73-74(83-77(80)71-68-65-62-59-56-53-49-27-24-21-18-15-12-9-6-3)72-81-75(78)69-66-63-60-57-54-51-48-26-23-20-17-14-11-8-5-2/h22,25,29-30,74H,4-21,23-24,26-28,31-73H2,1-3H3/b25-22-,30-29-. The minimum Gasteiger partial charge on any atom is -0.462 e. The third-order valence-electron chi connectivity index (χ3n) is 17.5. The first-order valence-electron chi connectivity index (χ1n) is 37.8. The molecule has 0 bridgehead atoms. The fraction of sp³-hybridized carbons (Fsp3) is 0.909. The number of unbranched alkanes of at least 4 members (excludes halogenated alkanes) is 56. The van der Waals surface area contributed by atoms with Crippen LogP contribution in [-0.2, 0) is 28.6 Å². The van der Waals surface area contributed by atoms with Gasteiger partial charge in [-0.05, 0) is 51.4 Å². The van der Waals surface area contributed by atoms with Gasteiger partial charge in [-0.2, -0.15) is 0 Å². The van der Waals surface area contributed by atoms with Crippen LogP contribution in [0.25, 0.3) is 0 Å². The minimum atomic E-state index is -0.765. The highest BCUT2D eigenvalue weighted by Gasteiger charge is 2.20. The monoisotopic (exact) mass is 1170 g/mol. The highest BCUT2D eigenvalue weighted by atomic mass is 16.6. The van der Waals surface area contributed by atoms with Crippen molar-refractivity contribution in [2.75, 3.05) is 13.2 Å². The lowest BCUT2D eigenvalue weighted by atomic mass is 10.0. The van der Waals surface area contributed by atoms with Gasteiger partial charge in [-0.15, -0.1) is 0 Å². The van der Waals surface area contributed by atoms with Gasteiger partial charge in [0.25, 0.3) is 0 Å². The van der Waals surface area contributed by atoms with Crippen LogP contribution in [0, 0.1) is 0 Å². The molecule has 0 rings (SSSR count). The maximum atomic E-state index is 12.9. The van der Waals surface area contributed by atoms with E-state index in [2.05, 4.69) is 45.1 Å². The Labute approximate surface area is 519 Å². The first-order chi connectivity index (χ1) is 41.0. The molecule has 0 spiro atoms. The van der Waals surface area contributed by atoms with Crippen LogP contribution in [0.1, 0.15) is 432 Å². The Morgan fingerprint density at radius 1 is 0.241 bits per heavy atom. The summed E-state index contributed by atoms with van der Waals surface area (Å²) in [7, 11) is 0. The van der Waals surface area contributed by atoms with Gasteiger partial charge < -0.3 is 14.2 Å². The van der Waals surface area contributed by atoms with E-state index in [4.69, 9.17) is 14.2 Å². The number of hydrogen-bond acceptors (Lipinski definition) is 6. The summed E-state index contributed by atoms with van der Waals surface area (Å²) in [5, 5.41) is 0. The molecular weight excluding hydrogens is 1020 g/mol. The molecule has 0 heterocycles. The molecule has 0 N–H and O–H groups in total. The molecule has 0 saturated carbocycles. The Morgan fingerprint density at radius 3 is 0.663 bits per heavy atom. The number of carbonyl (C=O) groups is 3. The smallest absolute Gasteiger partial charge is 0.306 e. The Balaban J connectivity index is 4.06. The summed E-state index contributed by atoms with van der Waals surface area (Å²) in [6.45, 7) is 6.72. The van der Waals surface area contributed by atoms with Crippen molar-refractivity contribution in [2.24, 2.45) is 0 Å². The third-order valence-corrected chi connectivity index (χ3v) is 17.5. The molecule has 490 valence electrons. The second-order valence-electron chi connectivity index (χ2n) is 25.9. The molecule has 0 fully saturated rings. The van der Waals surface area contributed by atoms with Gasteiger partial charge >= 0.3 is 17.9 Å². The molecule has 0 amide bonds. The molecule has 0 aromatic heterocycles. The number of hydrogen-bond donors (Lipinski definition) is 0. The van der Waals surface area contributed by atoms with Gasteiger partial charge in [0.05, 0.1) is 0 Å². The second kappa shape index (κ2) is 72.4. The van der Waals surface area contributed by atoms with E-state index in [1.807, 2.05) is 0 Å². The van der Waals surface area contributed by atoms with Crippen molar-refractivity contribution in [1.82, 2.24) is 0 Å². The summed E-state index contributed by atoms with van der Waals surface area (Å²) >= 11 is 0. The van der Waals surface area contributed by atoms with Crippen LogP contribution >= 0.6 is 0 Å². The van der Waals surface area contributed by atoms with Crippen LogP contribution in [0.5, 0.6) is 0 Å². The molecule has 6 heteroatoms. The fourth-order valence-corrected chi connectivity index (χ4v) is 11.8. The van der Waals surface area contributed by atoms with Crippen molar-refractivity contribution in [2.45, 2.75) is 438 Å². The minimum absolute atomic E-state index is 0.0622. The maximum absolute atomic E-state index is 12.9. The highest BCUT2D eigenvalue weighted by molar-refractivity contribution is 5.71. The zero-order valence-electron chi connectivity index (χ0n) is 56.5. The number of ether oxygens (including phenoxy) is 3. The average Bonchev–Trinajstić information content (AvgIpc) is 3.49. The van der Waals surface area contributed by atoms with Crippen LogP contribution in [0.3, 0.4) is 0 Å². The van der Waals surface area contributed by atoms with E-state index in [0.29, 0.717) is 19.3 Å². The molecule has 0 aliphatic carbocycles. The molecule has 0 aliphatic heterocycles. The predicted octanol–water partition coefficient (Wildman–Crippen LogP) is 26.1. The molecule has 6 nitrogen and oxygen atoms in total. The van der Waals surface area contributed by atoms with Gasteiger partial charge in [0, 0.05) is 19.3 Å². The van der Waals surface area contributed by atoms with E-state index in [9.17, 15) is 14.4 Å². The number of rotatable bonds is 71. The third kappa shape index (κ3) is 70.5. The molecule has 1 atom stereocenters. The van der Waals surface area contributed by atoms with Gasteiger partial charge in [-0.3, -0.25) is 14.4 Å². The number of carbonyl (C=O) groups excluding carboxylic acids is 3. The van der Waals surface area contributed by atoms with Gasteiger partial charge in [-0.25, -0.2) is 0 Å². The molecule has 0 aromatic carbocycles. The summed E-state index contributed by atoms with van der Waals surface area (Å²) in [6, 6.07) is 0. The van der Waals surface area contributed by atoms with Crippen molar-refractivity contribution >= 4 is 17.9 Å². The lowest BCUT2D eigenvalue weighted by molar-refractivity contribution is -0.167. The normalized spacial score (nSPS) is 12.1. The number of esters is 3. The zero-order chi connectivity index (χ0) is 59.9. The van der Waals surface area contributed by atoms with E-state index < -0.39 is 6.10 Å². The topological polar surface area (TPSA) is 78.9 Å². The quantitative estimate of drug-likeness (QED) is 0.0261. The van der Waals surface area contributed by atoms with Crippen molar-refractivity contribution in [3.63, 3.8) is 0 Å². The van der Waals surface area contributed by atoms with Crippen molar-refractivity contribution in [3.05, 3.63) is 24.3 Å². The van der Waals surface area contributed by atoms with Gasteiger partial charge in [0.2, 0.25) is 0 Å². The van der Waals surface area contributed by atoms with Crippen LogP contribution in [0.2, 0.25) is 0 Å². The maximum Gasteiger partial charge on any atom is 0.306 e. The van der Waals surface area contributed by atoms with E-state index >= 15 is 0 Å².